The summed E-state index contributed by atoms with van der Waals surface area (Å²) in [7, 11) is 0. The summed E-state index contributed by atoms with van der Waals surface area (Å²) < 4.78 is 1.94. The molecule has 2 aromatic heterocycles. The topological polar surface area (TPSA) is 83.4 Å². The largest absolute Gasteiger partial charge is 0.345 e. The van der Waals surface area contributed by atoms with E-state index in [-0.39, 0.29) is 24.0 Å². The highest BCUT2D eigenvalue weighted by molar-refractivity contribution is 7.98. The third-order valence-corrected chi connectivity index (χ3v) is 5.64. The average Bonchev–Trinajstić information content (AvgIpc) is 3.39. The van der Waals surface area contributed by atoms with Crippen LogP contribution >= 0.6 is 11.8 Å². The molecule has 3 unspecified atom stereocenters. The van der Waals surface area contributed by atoms with Gasteiger partial charge in [0, 0.05) is 12.2 Å². The number of hydrazine groups is 1. The van der Waals surface area contributed by atoms with Crippen molar-refractivity contribution in [2.24, 2.45) is 0 Å². The fourth-order valence-electron chi connectivity index (χ4n) is 3.50. The maximum Gasteiger partial charge on any atom is 0.239 e. The lowest BCUT2D eigenvalue weighted by Gasteiger charge is -2.19. The van der Waals surface area contributed by atoms with Gasteiger partial charge in [0.25, 0.3) is 0 Å². The maximum absolute atomic E-state index is 12.9. The van der Waals surface area contributed by atoms with Gasteiger partial charge in [0.2, 0.25) is 5.91 Å². The summed E-state index contributed by atoms with van der Waals surface area (Å²) in [6, 6.07) is 15.6. The van der Waals surface area contributed by atoms with Crippen LogP contribution in [0.2, 0.25) is 0 Å². The monoisotopic (exact) mass is 396 g/mol. The van der Waals surface area contributed by atoms with Crippen molar-refractivity contribution in [3.8, 4) is 0 Å². The van der Waals surface area contributed by atoms with E-state index in [1.54, 1.807) is 11.8 Å². The molecule has 1 fully saturated rings. The van der Waals surface area contributed by atoms with Gasteiger partial charge in [-0.25, -0.2) is 10.9 Å². The summed E-state index contributed by atoms with van der Waals surface area (Å²) in [6.07, 6.45) is 5.49. The molecule has 3 N–H and O–H groups in total. The van der Waals surface area contributed by atoms with E-state index in [1.807, 2.05) is 47.0 Å². The molecule has 8 heteroatoms. The van der Waals surface area contributed by atoms with E-state index in [9.17, 15) is 4.79 Å². The Kier molecular flexibility index (Phi) is 5.90. The van der Waals surface area contributed by atoms with E-state index < -0.39 is 0 Å². The summed E-state index contributed by atoms with van der Waals surface area (Å²) in [5.41, 5.74) is 8.33. The second kappa shape index (κ2) is 8.72. The summed E-state index contributed by atoms with van der Waals surface area (Å²) in [5, 5.41) is 11.8. The van der Waals surface area contributed by atoms with Gasteiger partial charge >= 0.3 is 0 Å². The van der Waals surface area contributed by atoms with Gasteiger partial charge in [0.05, 0.1) is 6.04 Å². The molecule has 0 bridgehead atoms. The lowest BCUT2D eigenvalue weighted by Crippen LogP contribution is -2.44. The Balaban J connectivity index is 1.47. The zero-order valence-electron chi connectivity index (χ0n) is 15.7. The summed E-state index contributed by atoms with van der Waals surface area (Å²) in [5.74, 6) is 1.67. The zero-order chi connectivity index (χ0) is 19.3. The molecule has 146 valence electrons. The predicted molar refractivity (Wildman–Crippen MR) is 111 cm³/mol. The normalized spacial score (nSPS) is 20.3. The van der Waals surface area contributed by atoms with E-state index >= 15 is 0 Å². The zero-order valence-corrected chi connectivity index (χ0v) is 16.5. The first kappa shape index (κ1) is 18.9. The van der Waals surface area contributed by atoms with Gasteiger partial charge in [-0.2, -0.15) is 11.8 Å². The van der Waals surface area contributed by atoms with Crippen molar-refractivity contribution in [2.75, 3.05) is 12.0 Å². The van der Waals surface area contributed by atoms with Crippen LogP contribution in [0.3, 0.4) is 0 Å². The van der Waals surface area contributed by atoms with Gasteiger partial charge in [-0.05, 0) is 42.5 Å². The number of pyridine rings is 1. The van der Waals surface area contributed by atoms with Crippen LogP contribution in [0, 0.1) is 0 Å². The second-order valence-electron chi connectivity index (χ2n) is 6.87. The number of nitrogens with one attached hydrogen (secondary N) is 3. The number of nitrogens with zero attached hydrogens (tertiary/aromatic N) is 3. The minimum Gasteiger partial charge on any atom is -0.345 e. The van der Waals surface area contributed by atoms with Crippen molar-refractivity contribution in [3.05, 3.63) is 66.1 Å². The van der Waals surface area contributed by atoms with Crippen LogP contribution in [0.25, 0.3) is 5.65 Å². The van der Waals surface area contributed by atoms with Gasteiger partial charge < -0.3 is 5.32 Å². The molecule has 3 atom stereocenters. The molecule has 3 heterocycles. The van der Waals surface area contributed by atoms with Gasteiger partial charge in [-0.1, -0.05) is 36.4 Å². The summed E-state index contributed by atoms with van der Waals surface area (Å²) in [4.78, 5) is 12.9. The number of benzene rings is 1. The number of amides is 1. The van der Waals surface area contributed by atoms with E-state index in [2.05, 4.69) is 44.8 Å². The van der Waals surface area contributed by atoms with Crippen LogP contribution < -0.4 is 16.2 Å². The Morgan fingerprint density at radius 3 is 2.86 bits per heavy atom. The first-order valence-electron chi connectivity index (χ1n) is 9.41. The molecule has 3 aromatic rings. The van der Waals surface area contributed by atoms with Gasteiger partial charge in [0.1, 0.15) is 6.04 Å². The third kappa shape index (κ3) is 4.04. The highest BCUT2D eigenvalue weighted by atomic mass is 32.2. The van der Waals surface area contributed by atoms with Crippen LogP contribution in [0.1, 0.15) is 36.3 Å². The molecule has 0 aliphatic carbocycles. The number of fused-ring (bicyclic) bond motifs is 1. The number of rotatable bonds is 7. The smallest absolute Gasteiger partial charge is 0.239 e. The van der Waals surface area contributed by atoms with Crippen LogP contribution in [0.4, 0.5) is 0 Å². The molecule has 0 radical (unpaired) electrons. The number of hydrogen-bond donors (Lipinski definition) is 3. The quantitative estimate of drug-likeness (QED) is 0.568. The van der Waals surface area contributed by atoms with E-state index in [1.165, 1.54) is 5.56 Å². The fourth-order valence-corrected chi connectivity index (χ4v) is 3.97. The van der Waals surface area contributed by atoms with Crippen LogP contribution in [0.15, 0.2) is 54.7 Å². The average molecular weight is 397 g/mol. The van der Waals surface area contributed by atoms with Crippen LogP contribution in [-0.2, 0) is 4.79 Å². The van der Waals surface area contributed by atoms with E-state index in [4.69, 9.17) is 0 Å². The molecular formula is C20H24N6OS. The molecule has 0 spiro atoms. The molecule has 1 aliphatic heterocycles. The molecule has 1 saturated heterocycles. The van der Waals surface area contributed by atoms with Crippen molar-refractivity contribution in [2.45, 2.75) is 31.0 Å². The number of aromatic nitrogens is 3. The molecule has 28 heavy (non-hydrogen) atoms. The SMILES string of the molecule is CSCCC(NC(=O)C1CC(c2ccccc2)NN1)c1nnc2ccccn12. The van der Waals surface area contributed by atoms with E-state index in [0.29, 0.717) is 6.42 Å². The summed E-state index contributed by atoms with van der Waals surface area (Å²) >= 11 is 1.75. The van der Waals surface area contributed by atoms with Crippen molar-refractivity contribution in [1.82, 2.24) is 30.8 Å². The highest BCUT2D eigenvalue weighted by Gasteiger charge is 2.32. The first-order valence-corrected chi connectivity index (χ1v) is 10.8. The fraction of sp³-hybridized carbons (Fsp3) is 0.350. The third-order valence-electron chi connectivity index (χ3n) is 5.00. The molecule has 1 amide bonds. The first-order chi connectivity index (χ1) is 13.8. The Morgan fingerprint density at radius 1 is 1.21 bits per heavy atom. The van der Waals surface area contributed by atoms with E-state index in [0.717, 1.165) is 23.6 Å². The minimum atomic E-state index is -0.291. The minimum absolute atomic E-state index is 0.0234. The number of carbonyl (C=O) groups excluding carboxylic acids is 1. The predicted octanol–water partition coefficient (Wildman–Crippen LogP) is 2.25. The maximum atomic E-state index is 12.9. The standard InChI is InChI=1S/C20H24N6OS/c1-28-12-10-15(19-25-24-18-9-5-6-11-26(18)19)21-20(27)17-13-16(22-23-17)14-7-3-2-4-8-14/h2-9,11,15-17,22-23H,10,12-13H2,1H3,(H,21,27). The van der Waals surface area contributed by atoms with Crippen molar-refractivity contribution >= 4 is 23.3 Å². The second-order valence-corrected chi connectivity index (χ2v) is 7.86. The van der Waals surface area contributed by atoms with Crippen LogP contribution in [-0.4, -0.2) is 38.6 Å². The Hall–Kier alpha value is -2.42. The summed E-state index contributed by atoms with van der Waals surface area (Å²) in [6.45, 7) is 0. The number of carbonyl (C=O) groups is 1. The molecule has 7 nitrogen and oxygen atoms in total. The Bertz CT molecular complexity index is 931. The lowest BCUT2D eigenvalue weighted by atomic mass is 10.0. The Morgan fingerprint density at radius 2 is 2.04 bits per heavy atom. The molecule has 4 rings (SSSR count). The number of hydrogen-bond acceptors (Lipinski definition) is 6. The number of thioether (sulfide) groups is 1. The van der Waals surface area contributed by atoms with Crippen LogP contribution in [0.5, 0.6) is 0 Å². The van der Waals surface area contributed by atoms with Gasteiger partial charge in [0.15, 0.2) is 11.5 Å². The van der Waals surface area contributed by atoms with Crippen molar-refractivity contribution in [1.29, 1.82) is 0 Å². The molecule has 1 aliphatic rings. The lowest BCUT2D eigenvalue weighted by molar-refractivity contribution is -0.123. The van der Waals surface area contributed by atoms with Gasteiger partial charge in [-0.3, -0.25) is 9.20 Å². The van der Waals surface area contributed by atoms with Crippen molar-refractivity contribution < 1.29 is 4.79 Å². The molecule has 1 aromatic carbocycles. The van der Waals surface area contributed by atoms with Crippen molar-refractivity contribution in [3.63, 3.8) is 0 Å². The Labute approximate surface area is 168 Å². The highest BCUT2D eigenvalue weighted by Crippen LogP contribution is 2.23. The molecular weight excluding hydrogens is 372 g/mol. The van der Waals surface area contributed by atoms with Gasteiger partial charge in [-0.15, -0.1) is 10.2 Å². The molecule has 0 saturated carbocycles.